The zero-order valence-electron chi connectivity index (χ0n) is 18.9. The largest absolute Gasteiger partial charge is 0.490 e. The van der Waals surface area contributed by atoms with E-state index in [-0.39, 0.29) is 18.1 Å². The summed E-state index contributed by atoms with van der Waals surface area (Å²) in [7, 11) is 0. The summed E-state index contributed by atoms with van der Waals surface area (Å²) in [5.41, 5.74) is 4.41. The maximum atomic E-state index is 10.9. The van der Waals surface area contributed by atoms with Crippen LogP contribution in [0.2, 0.25) is 0 Å². The molecule has 0 radical (unpaired) electrons. The van der Waals surface area contributed by atoms with Crippen molar-refractivity contribution in [1.29, 1.82) is 5.26 Å². The van der Waals surface area contributed by atoms with Gasteiger partial charge in [0.15, 0.2) is 0 Å². The second-order valence-corrected chi connectivity index (χ2v) is 8.17. The van der Waals surface area contributed by atoms with Crippen LogP contribution in [0, 0.1) is 11.3 Å². The topological polar surface area (TPSA) is 110 Å². The molecule has 8 nitrogen and oxygen atoms in total. The van der Waals surface area contributed by atoms with Gasteiger partial charge in [-0.25, -0.2) is 0 Å². The summed E-state index contributed by atoms with van der Waals surface area (Å²) in [6.45, 7) is 6.18. The Morgan fingerprint density at radius 2 is 2.18 bits per heavy atom. The highest BCUT2D eigenvalue weighted by molar-refractivity contribution is 5.67. The number of nitriles is 1. The number of rotatable bonds is 8. The highest BCUT2D eigenvalue weighted by Crippen LogP contribution is 2.37. The molecule has 0 fully saturated rings. The van der Waals surface area contributed by atoms with E-state index in [0.717, 1.165) is 18.4 Å². The van der Waals surface area contributed by atoms with Gasteiger partial charge in [-0.05, 0) is 56.0 Å². The monoisotopic (exact) mass is 446 g/mol. The number of benzene rings is 2. The van der Waals surface area contributed by atoms with E-state index in [0.29, 0.717) is 41.7 Å². The first-order valence-electron chi connectivity index (χ1n) is 11.0. The molecule has 33 heavy (non-hydrogen) atoms. The number of hydrogen-bond acceptors (Lipinski definition) is 8. The number of aromatic nitrogens is 2. The quantitative estimate of drug-likeness (QED) is 0.405. The average molecular weight is 447 g/mol. The molecular weight excluding hydrogens is 420 g/mol. The van der Waals surface area contributed by atoms with Crippen molar-refractivity contribution < 1.29 is 18.8 Å². The molecule has 0 bridgehead atoms. The summed E-state index contributed by atoms with van der Waals surface area (Å²) in [5, 5.41) is 17.2. The minimum absolute atomic E-state index is 0.0295. The van der Waals surface area contributed by atoms with Gasteiger partial charge >= 0.3 is 5.97 Å². The van der Waals surface area contributed by atoms with E-state index in [1.165, 1.54) is 18.1 Å². The van der Waals surface area contributed by atoms with Crippen molar-refractivity contribution in [1.82, 2.24) is 15.5 Å². The number of ether oxygens (including phenoxy) is 2. The second kappa shape index (κ2) is 9.84. The lowest BCUT2D eigenvalue weighted by molar-refractivity contribution is -0.140. The molecule has 1 N–H and O–H groups in total. The van der Waals surface area contributed by atoms with E-state index in [1.807, 2.05) is 32.0 Å². The molecule has 0 aliphatic heterocycles. The van der Waals surface area contributed by atoms with Crippen molar-refractivity contribution in [2.24, 2.45) is 0 Å². The van der Waals surface area contributed by atoms with Gasteiger partial charge in [-0.15, -0.1) is 0 Å². The minimum Gasteiger partial charge on any atom is -0.490 e. The number of carbonyl (C=O) groups is 1. The molecule has 1 atom stereocenters. The molecule has 170 valence electrons. The molecule has 1 heterocycles. The van der Waals surface area contributed by atoms with E-state index >= 15 is 0 Å². The number of nitrogens with one attached hydrogen (secondary N) is 1. The van der Waals surface area contributed by atoms with Crippen LogP contribution in [0.5, 0.6) is 5.75 Å². The normalized spacial score (nSPS) is 14.7. The maximum absolute atomic E-state index is 10.9. The SMILES string of the molecule is CC(=O)OCCNC1CCc2c(-c3noc(-c4ccc(OC(C)C)c(C#N)c4)n3)cccc21. The third-order valence-corrected chi connectivity index (χ3v) is 5.45. The van der Waals surface area contributed by atoms with E-state index in [2.05, 4.69) is 27.6 Å². The highest BCUT2D eigenvalue weighted by atomic mass is 16.5. The maximum Gasteiger partial charge on any atom is 0.302 e. The molecule has 8 heteroatoms. The van der Waals surface area contributed by atoms with Crippen molar-refractivity contribution in [3.05, 3.63) is 53.1 Å². The first-order valence-corrected chi connectivity index (χ1v) is 11.0. The standard InChI is InChI=1S/C25H26N4O4/c1-15(2)32-23-10-7-17(13-18(23)14-26)25-28-24(29-33-25)21-6-4-5-20-19(21)8-9-22(20)27-11-12-31-16(3)30/h4-7,10,13,15,22,27H,8-9,11-12H2,1-3H3. The summed E-state index contributed by atoms with van der Waals surface area (Å²) in [5.74, 6) is 1.12. The highest BCUT2D eigenvalue weighted by Gasteiger charge is 2.26. The van der Waals surface area contributed by atoms with Crippen molar-refractivity contribution in [3.63, 3.8) is 0 Å². The Morgan fingerprint density at radius 1 is 1.33 bits per heavy atom. The van der Waals surface area contributed by atoms with E-state index in [1.54, 1.807) is 12.1 Å². The van der Waals surface area contributed by atoms with E-state index < -0.39 is 0 Å². The zero-order chi connectivity index (χ0) is 23.4. The van der Waals surface area contributed by atoms with Crippen LogP contribution in [0.1, 0.15) is 49.9 Å². The smallest absolute Gasteiger partial charge is 0.302 e. The first kappa shape index (κ1) is 22.5. The third-order valence-electron chi connectivity index (χ3n) is 5.45. The number of hydrogen-bond donors (Lipinski definition) is 1. The minimum atomic E-state index is -0.275. The van der Waals surface area contributed by atoms with Crippen LogP contribution in [0.25, 0.3) is 22.8 Å². The Hall–Kier alpha value is -3.70. The number of fused-ring (bicyclic) bond motifs is 1. The molecule has 1 aromatic heterocycles. The molecule has 0 spiro atoms. The molecule has 1 aliphatic carbocycles. The van der Waals surface area contributed by atoms with Crippen LogP contribution >= 0.6 is 0 Å². The molecule has 0 saturated heterocycles. The Kier molecular flexibility index (Phi) is 6.71. The van der Waals surface area contributed by atoms with Gasteiger partial charge in [0, 0.05) is 30.6 Å². The van der Waals surface area contributed by atoms with Gasteiger partial charge in [-0.1, -0.05) is 23.4 Å². The molecule has 3 aromatic rings. The van der Waals surface area contributed by atoms with E-state index in [4.69, 9.17) is 14.0 Å². The van der Waals surface area contributed by atoms with Gasteiger partial charge in [-0.2, -0.15) is 10.2 Å². The molecule has 1 unspecified atom stereocenters. The van der Waals surface area contributed by atoms with Crippen LogP contribution < -0.4 is 10.1 Å². The molecule has 2 aromatic carbocycles. The lowest BCUT2D eigenvalue weighted by Crippen LogP contribution is -2.24. The summed E-state index contributed by atoms with van der Waals surface area (Å²) < 4.78 is 16.2. The third kappa shape index (κ3) is 5.04. The summed E-state index contributed by atoms with van der Waals surface area (Å²) in [6.07, 6.45) is 1.80. The van der Waals surface area contributed by atoms with E-state index in [9.17, 15) is 10.1 Å². The summed E-state index contributed by atoms with van der Waals surface area (Å²) >= 11 is 0. The Bertz CT molecular complexity index is 1200. The molecular formula is C25H26N4O4. The summed E-state index contributed by atoms with van der Waals surface area (Å²) in [4.78, 5) is 15.6. The molecule has 0 amide bonds. The number of esters is 1. The Labute approximate surface area is 192 Å². The lowest BCUT2D eigenvalue weighted by Gasteiger charge is -2.14. The van der Waals surface area contributed by atoms with Crippen molar-refractivity contribution in [3.8, 4) is 34.7 Å². The Morgan fingerprint density at radius 3 is 2.94 bits per heavy atom. The fraction of sp³-hybridized carbons (Fsp3) is 0.360. The Balaban J connectivity index is 1.54. The van der Waals surface area contributed by atoms with Crippen molar-refractivity contribution in [2.45, 2.75) is 45.8 Å². The van der Waals surface area contributed by atoms with Crippen molar-refractivity contribution >= 4 is 5.97 Å². The number of nitrogens with zero attached hydrogens (tertiary/aromatic N) is 3. The zero-order valence-corrected chi connectivity index (χ0v) is 18.9. The van der Waals surface area contributed by atoms with Gasteiger partial charge in [-0.3, -0.25) is 4.79 Å². The van der Waals surface area contributed by atoms with Crippen molar-refractivity contribution in [2.75, 3.05) is 13.2 Å². The van der Waals surface area contributed by atoms with Gasteiger partial charge in [0.05, 0.1) is 11.7 Å². The number of carbonyl (C=O) groups excluding carboxylic acids is 1. The van der Waals surface area contributed by atoms with Gasteiger partial charge < -0.3 is 19.3 Å². The predicted molar refractivity (Wildman–Crippen MR) is 121 cm³/mol. The fourth-order valence-electron chi connectivity index (χ4n) is 4.06. The average Bonchev–Trinajstić information content (AvgIpc) is 3.44. The predicted octanol–water partition coefficient (Wildman–Crippen LogP) is 4.20. The molecule has 1 aliphatic rings. The lowest BCUT2D eigenvalue weighted by atomic mass is 10.0. The van der Waals surface area contributed by atoms with Crippen LogP contribution in [0.4, 0.5) is 0 Å². The van der Waals surface area contributed by atoms with Gasteiger partial charge in [0.1, 0.15) is 18.4 Å². The van der Waals surface area contributed by atoms with Gasteiger partial charge in [0.2, 0.25) is 5.82 Å². The van der Waals surface area contributed by atoms with Crippen LogP contribution in [-0.4, -0.2) is 35.4 Å². The summed E-state index contributed by atoms with van der Waals surface area (Å²) in [6, 6.07) is 13.7. The molecule has 0 saturated carbocycles. The van der Waals surface area contributed by atoms with Gasteiger partial charge in [0.25, 0.3) is 5.89 Å². The second-order valence-electron chi connectivity index (χ2n) is 8.17. The fourth-order valence-corrected chi connectivity index (χ4v) is 4.06. The van der Waals surface area contributed by atoms with Crippen LogP contribution in [0.3, 0.4) is 0 Å². The van der Waals surface area contributed by atoms with Crippen LogP contribution in [-0.2, 0) is 16.0 Å². The van der Waals surface area contributed by atoms with Crippen LogP contribution in [0.15, 0.2) is 40.9 Å². The first-order chi connectivity index (χ1) is 16.0. The molecule has 4 rings (SSSR count).